The van der Waals surface area contributed by atoms with Gasteiger partial charge in [0, 0.05) is 44.5 Å². The molecule has 0 bridgehead atoms. The normalized spacial score (nSPS) is 19.6. The minimum absolute atomic E-state index is 0.481. The molecule has 0 radical (unpaired) electrons. The molecule has 6 heteroatoms. The van der Waals surface area contributed by atoms with Gasteiger partial charge in [0.05, 0.1) is 0 Å². The standard InChI is InChI=1S/C13H18N6/c1-10-9-19(6-5-15-10)13-16-12(17-18-13)7-11-3-2-4-14-8-11/h2-4,8,10,15H,5-7,9H2,1H3,(H,16,17,18)/t10-/m0/s1. The lowest BCUT2D eigenvalue weighted by molar-refractivity contribution is 0.480. The van der Waals surface area contributed by atoms with Gasteiger partial charge in [-0.3, -0.25) is 10.1 Å². The highest BCUT2D eigenvalue weighted by atomic mass is 15.4. The van der Waals surface area contributed by atoms with Crippen LogP contribution in [0.25, 0.3) is 0 Å². The molecule has 0 saturated carbocycles. The topological polar surface area (TPSA) is 69.7 Å². The van der Waals surface area contributed by atoms with Crippen molar-refractivity contribution in [3.8, 4) is 0 Å². The van der Waals surface area contributed by atoms with Gasteiger partial charge >= 0.3 is 0 Å². The van der Waals surface area contributed by atoms with Crippen LogP contribution in [-0.2, 0) is 6.42 Å². The van der Waals surface area contributed by atoms with E-state index in [2.05, 4.69) is 37.3 Å². The molecule has 1 atom stereocenters. The summed E-state index contributed by atoms with van der Waals surface area (Å²) in [5.41, 5.74) is 1.14. The van der Waals surface area contributed by atoms with Crippen LogP contribution in [0.1, 0.15) is 18.3 Å². The van der Waals surface area contributed by atoms with Gasteiger partial charge in [-0.2, -0.15) is 4.98 Å². The summed E-state index contributed by atoms with van der Waals surface area (Å²) in [6.07, 6.45) is 4.37. The molecule has 0 aliphatic carbocycles. The number of H-pyrrole nitrogens is 1. The van der Waals surface area contributed by atoms with E-state index in [0.717, 1.165) is 43.4 Å². The summed E-state index contributed by atoms with van der Waals surface area (Å²) in [5, 5.41) is 10.7. The van der Waals surface area contributed by atoms with Crippen LogP contribution in [0, 0.1) is 0 Å². The molecule has 0 spiro atoms. The number of aromatic amines is 1. The molecule has 100 valence electrons. The molecule has 1 fully saturated rings. The number of hydrogen-bond donors (Lipinski definition) is 2. The zero-order valence-corrected chi connectivity index (χ0v) is 11.0. The Hall–Kier alpha value is -1.95. The van der Waals surface area contributed by atoms with Gasteiger partial charge in [-0.05, 0) is 18.6 Å². The van der Waals surface area contributed by atoms with E-state index in [1.165, 1.54) is 0 Å². The molecule has 19 heavy (non-hydrogen) atoms. The van der Waals surface area contributed by atoms with E-state index in [1.807, 2.05) is 18.3 Å². The average Bonchev–Trinajstić information content (AvgIpc) is 2.88. The van der Waals surface area contributed by atoms with Crippen molar-refractivity contribution in [2.75, 3.05) is 24.5 Å². The van der Waals surface area contributed by atoms with Crippen LogP contribution in [0.4, 0.5) is 5.95 Å². The maximum Gasteiger partial charge on any atom is 0.244 e. The summed E-state index contributed by atoms with van der Waals surface area (Å²) in [6, 6.07) is 4.46. The smallest absolute Gasteiger partial charge is 0.244 e. The summed E-state index contributed by atoms with van der Waals surface area (Å²) >= 11 is 0. The van der Waals surface area contributed by atoms with E-state index in [0.29, 0.717) is 6.04 Å². The predicted molar refractivity (Wildman–Crippen MR) is 73.1 cm³/mol. The first-order valence-corrected chi connectivity index (χ1v) is 6.60. The Morgan fingerprint density at radius 3 is 3.21 bits per heavy atom. The lowest BCUT2D eigenvalue weighted by Crippen LogP contribution is -2.49. The molecule has 1 aliphatic heterocycles. The number of piperazine rings is 1. The molecule has 2 aromatic heterocycles. The van der Waals surface area contributed by atoms with Gasteiger partial charge in [0.15, 0.2) is 0 Å². The third-order valence-corrected chi connectivity index (χ3v) is 3.27. The molecular formula is C13H18N6. The van der Waals surface area contributed by atoms with Crippen LogP contribution < -0.4 is 10.2 Å². The molecule has 2 N–H and O–H groups in total. The largest absolute Gasteiger partial charge is 0.337 e. The van der Waals surface area contributed by atoms with Gasteiger partial charge in [0.1, 0.15) is 5.82 Å². The first-order valence-electron chi connectivity index (χ1n) is 6.60. The number of aromatic nitrogens is 4. The molecule has 2 aromatic rings. The fourth-order valence-corrected chi connectivity index (χ4v) is 2.32. The van der Waals surface area contributed by atoms with Crippen molar-refractivity contribution >= 4 is 5.95 Å². The Kier molecular flexibility index (Phi) is 3.41. The van der Waals surface area contributed by atoms with Crippen molar-refractivity contribution in [1.29, 1.82) is 0 Å². The van der Waals surface area contributed by atoms with Crippen LogP contribution >= 0.6 is 0 Å². The van der Waals surface area contributed by atoms with E-state index < -0.39 is 0 Å². The van der Waals surface area contributed by atoms with Crippen molar-refractivity contribution in [3.05, 3.63) is 35.9 Å². The third kappa shape index (κ3) is 2.90. The Morgan fingerprint density at radius 2 is 2.42 bits per heavy atom. The van der Waals surface area contributed by atoms with Gasteiger partial charge in [-0.25, -0.2) is 0 Å². The summed E-state index contributed by atoms with van der Waals surface area (Å²) in [6.45, 7) is 5.06. The Morgan fingerprint density at radius 1 is 1.47 bits per heavy atom. The van der Waals surface area contributed by atoms with E-state index in [1.54, 1.807) is 6.20 Å². The van der Waals surface area contributed by atoms with Gasteiger partial charge in [-0.15, -0.1) is 5.10 Å². The average molecular weight is 258 g/mol. The van der Waals surface area contributed by atoms with Crippen LogP contribution in [-0.4, -0.2) is 45.8 Å². The zero-order chi connectivity index (χ0) is 13.1. The number of hydrogen-bond acceptors (Lipinski definition) is 5. The van der Waals surface area contributed by atoms with Crippen molar-refractivity contribution in [3.63, 3.8) is 0 Å². The third-order valence-electron chi connectivity index (χ3n) is 3.27. The quantitative estimate of drug-likeness (QED) is 0.843. The van der Waals surface area contributed by atoms with Crippen molar-refractivity contribution in [2.24, 2.45) is 0 Å². The van der Waals surface area contributed by atoms with Gasteiger partial charge in [0.2, 0.25) is 5.95 Å². The highest BCUT2D eigenvalue weighted by molar-refractivity contribution is 5.31. The van der Waals surface area contributed by atoms with Crippen LogP contribution in [0.15, 0.2) is 24.5 Å². The summed E-state index contributed by atoms with van der Waals surface area (Å²) in [5.74, 6) is 1.68. The van der Waals surface area contributed by atoms with E-state index in [-0.39, 0.29) is 0 Å². The van der Waals surface area contributed by atoms with Gasteiger partial charge in [0.25, 0.3) is 0 Å². The maximum atomic E-state index is 4.57. The number of anilines is 1. The summed E-state index contributed by atoms with van der Waals surface area (Å²) in [4.78, 5) is 10.9. The summed E-state index contributed by atoms with van der Waals surface area (Å²) < 4.78 is 0. The number of nitrogens with zero attached hydrogens (tertiary/aromatic N) is 4. The Balaban J connectivity index is 1.69. The molecule has 6 nitrogen and oxygen atoms in total. The maximum absolute atomic E-state index is 4.57. The molecule has 1 saturated heterocycles. The Labute approximate surface area is 112 Å². The van der Waals surface area contributed by atoms with E-state index >= 15 is 0 Å². The second-order valence-electron chi connectivity index (χ2n) is 4.92. The second-order valence-corrected chi connectivity index (χ2v) is 4.92. The number of nitrogens with one attached hydrogen (secondary N) is 2. The second kappa shape index (κ2) is 5.36. The van der Waals surface area contributed by atoms with Crippen LogP contribution in [0.5, 0.6) is 0 Å². The first kappa shape index (κ1) is 12.1. The molecule has 0 unspecified atom stereocenters. The number of pyridine rings is 1. The van der Waals surface area contributed by atoms with Crippen molar-refractivity contribution in [2.45, 2.75) is 19.4 Å². The van der Waals surface area contributed by atoms with Crippen LogP contribution in [0.2, 0.25) is 0 Å². The predicted octanol–water partition coefficient (Wildman–Crippen LogP) is 0.589. The fraction of sp³-hybridized carbons (Fsp3) is 0.462. The number of rotatable bonds is 3. The van der Waals surface area contributed by atoms with Gasteiger partial charge < -0.3 is 10.2 Å². The highest BCUT2D eigenvalue weighted by Gasteiger charge is 2.19. The molecule has 3 rings (SSSR count). The fourth-order valence-electron chi connectivity index (χ4n) is 2.32. The van der Waals surface area contributed by atoms with Crippen molar-refractivity contribution in [1.82, 2.24) is 25.5 Å². The SMILES string of the molecule is C[C@H]1CN(c2n[nH]c(Cc3cccnc3)n2)CCN1. The molecule has 0 amide bonds. The zero-order valence-electron chi connectivity index (χ0n) is 11.0. The molecule has 1 aliphatic rings. The monoisotopic (exact) mass is 258 g/mol. The van der Waals surface area contributed by atoms with E-state index in [9.17, 15) is 0 Å². The molecule has 3 heterocycles. The minimum atomic E-state index is 0.481. The first-order chi connectivity index (χ1) is 9.31. The molecular weight excluding hydrogens is 240 g/mol. The lowest BCUT2D eigenvalue weighted by atomic mass is 10.2. The summed E-state index contributed by atoms with van der Waals surface area (Å²) in [7, 11) is 0. The van der Waals surface area contributed by atoms with Crippen molar-refractivity contribution < 1.29 is 0 Å². The van der Waals surface area contributed by atoms with Gasteiger partial charge in [-0.1, -0.05) is 6.07 Å². The Bertz CT molecular complexity index is 523. The minimum Gasteiger partial charge on any atom is -0.337 e. The highest BCUT2D eigenvalue weighted by Crippen LogP contribution is 2.11. The molecule has 0 aromatic carbocycles. The van der Waals surface area contributed by atoms with Crippen LogP contribution in [0.3, 0.4) is 0 Å². The lowest BCUT2D eigenvalue weighted by Gasteiger charge is -2.30. The van der Waals surface area contributed by atoms with E-state index in [4.69, 9.17) is 0 Å².